The maximum atomic E-state index is 12.6. The number of carbonyl (C=O) groups excluding carboxylic acids is 1. The summed E-state index contributed by atoms with van der Waals surface area (Å²) in [6.45, 7) is 4.84. The van der Waals surface area contributed by atoms with Crippen LogP contribution in [0.15, 0.2) is 18.3 Å². The van der Waals surface area contributed by atoms with Crippen LogP contribution in [0, 0.1) is 11.8 Å². The van der Waals surface area contributed by atoms with Crippen molar-refractivity contribution in [1.82, 2.24) is 9.88 Å². The van der Waals surface area contributed by atoms with Crippen LogP contribution >= 0.6 is 0 Å². The van der Waals surface area contributed by atoms with Crippen molar-refractivity contribution in [2.75, 3.05) is 13.1 Å². The maximum absolute atomic E-state index is 12.6. The van der Waals surface area contributed by atoms with Crippen molar-refractivity contribution >= 4 is 11.9 Å². The number of piperidine rings is 1. The number of aliphatic carboxylic acids is 1. The van der Waals surface area contributed by atoms with E-state index in [1.54, 1.807) is 11.1 Å². The van der Waals surface area contributed by atoms with Gasteiger partial charge in [-0.25, -0.2) is 0 Å². The first kappa shape index (κ1) is 14.5. The summed E-state index contributed by atoms with van der Waals surface area (Å²) in [5, 5.41) is 9.17. The molecule has 0 saturated carbocycles. The average Bonchev–Trinajstić information content (AvgIpc) is 2.45. The van der Waals surface area contributed by atoms with E-state index in [9.17, 15) is 14.7 Å². The highest BCUT2D eigenvalue weighted by atomic mass is 16.4. The highest BCUT2D eigenvalue weighted by Gasteiger charge is 2.33. The normalized spacial score (nSPS) is 22.6. The summed E-state index contributed by atoms with van der Waals surface area (Å²) in [5.41, 5.74) is 1.36. The first-order valence-electron chi connectivity index (χ1n) is 6.98. The largest absolute Gasteiger partial charge is 0.481 e. The molecule has 1 amide bonds. The van der Waals surface area contributed by atoms with Crippen molar-refractivity contribution in [3.8, 4) is 0 Å². The number of hydrogen-bond donors (Lipinski definition) is 1. The van der Waals surface area contributed by atoms with Crippen LogP contribution in [0.1, 0.15) is 36.3 Å². The second-order valence-corrected chi connectivity index (χ2v) is 5.45. The molecule has 1 aromatic heterocycles. The minimum atomic E-state index is -0.828. The number of aryl methyl sites for hydroxylation is 1. The number of amides is 1. The third kappa shape index (κ3) is 2.98. The minimum absolute atomic E-state index is 0.153. The molecule has 2 rings (SSSR count). The van der Waals surface area contributed by atoms with Gasteiger partial charge >= 0.3 is 5.97 Å². The standard InChI is InChI=1S/C15H20N2O3/c1-3-11-5-4-6-16-13(11)14(18)17-8-10(2)7-12(9-17)15(19)20/h4-6,10,12H,3,7-9H2,1-2H3,(H,19,20). The molecule has 0 radical (unpaired) electrons. The topological polar surface area (TPSA) is 70.5 Å². The minimum Gasteiger partial charge on any atom is -0.481 e. The molecular weight excluding hydrogens is 256 g/mol. The first-order chi connectivity index (χ1) is 9.52. The number of carboxylic acid groups (broad SMARTS) is 1. The Labute approximate surface area is 118 Å². The SMILES string of the molecule is CCc1cccnc1C(=O)N1CC(C)CC(C(=O)O)C1. The monoisotopic (exact) mass is 276 g/mol. The van der Waals surface area contributed by atoms with Gasteiger partial charge in [0, 0.05) is 19.3 Å². The molecule has 2 heterocycles. The van der Waals surface area contributed by atoms with Gasteiger partial charge in [-0.15, -0.1) is 0 Å². The van der Waals surface area contributed by atoms with Gasteiger partial charge in [-0.1, -0.05) is 19.9 Å². The lowest BCUT2D eigenvalue weighted by Gasteiger charge is -2.34. The van der Waals surface area contributed by atoms with E-state index in [0.717, 1.165) is 12.0 Å². The van der Waals surface area contributed by atoms with Crippen molar-refractivity contribution in [2.24, 2.45) is 11.8 Å². The van der Waals surface area contributed by atoms with Gasteiger partial charge in [-0.3, -0.25) is 14.6 Å². The number of carboxylic acids is 1. The number of likely N-dealkylation sites (tertiary alicyclic amines) is 1. The van der Waals surface area contributed by atoms with Crippen LogP contribution < -0.4 is 0 Å². The quantitative estimate of drug-likeness (QED) is 0.914. The van der Waals surface area contributed by atoms with Gasteiger partial charge < -0.3 is 10.0 Å². The van der Waals surface area contributed by atoms with Gasteiger partial charge in [-0.2, -0.15) is 0 Å². The Morgan fingerprint density at radius 2 is 2.20 bits per heavy atom. The van der Waals surface area contributed by atoms with E-state index in [1.807, 2.05) is 26.0 Å². The predicted octanol–water partition coefficient (Wildman–Crippen LogP) is 1.83. The Bertz CT molecular complexity index is 516. The van der Waals surface area contributed by atoms with Gasteiger partial charge in [0.2, 0.25) is 0 Å². The van der Waals surface area contributed by atoms with E-state index in [-0.39, 0.29) is 18.4 Å². The number of aromatic nitrogens is 1. The van der Waals surface area contributed by atoms with E-state index < -0.39 is 11.9 Å². The number of pyridine rings is 1. The molecule has 2 atom stereocenters. The Morgan fingerprint density at radius 3 is 2.85 bits per heavy atom. The second-order valence-electron chi connectivity index (χ2n) is 5.45. The van der Waals surface area contributed by atoms with Crippen LogP contribution in [0.5, 0.6) is 0 Å². The molecular formula is C15H20N2O3. The van der Waals surface area contributed by atoms with Crippen LogP contribution in [-0.2, 0) is 11.2 Å². The van der Waals surface area contributed by atoms with Gasteiger partial charge in [-0.05, 0) is 30.4 Å². The third-order valence-corrected chi connectivity index (χ3v) is 3.77. The number of hydrogen-bond acceptors (Lipinski definition) is 3. The zero-order chi connectivity index (χ0) is 14.7. The molecule has 0 bridgehead atoms. The Morgan fingerprint density at radius 1 is 1.45 bits per heavy atom. The fourth-order valence-corrected chi connectivity index (χ4v) is 2.76. The van der Waals surface area contributed by atoms with Gasteiger partial charge in [0.1, 0.15) is 5.69 Å². The van der Waals surface area contributed by atoms with Crippen LogP contribution in [-0.4, -0.2) is 40.0 Å². The molecule has 5 heteroatoms. The lowest BCUT2D eigenvalue weighted by molar-refractivity contribution is -0.143. The molecule has 0 aromatic carbocycles. The summed E-state index contributed by atoms with van der Waals surface area (Å²) < 4.78 is 0. The van der Waals surface area contributed by atoms with E-state index in [4.69, 9.17) is 0 Å². The van der Waals surface area contributed by atoms with Crippen molar-refractivity contribution < 1.29 is 14.7 Å². The summed E-state index contributed by atoms with van der Waals surface area (Å²) in [6.07, 6.45) is 2.97. The Balaban J connectivity index is 2.21. The summed E-state index contributed by atoms with van der Waals surface area (Å²) in [4.78, 5) is 29.6. The molecule has 1 aromatic rings. The molecule has 108 valence electrons. The van der Waals surface area contributed by atoms with Crippen LogP contribution in [0.25, 0.3) is 0 Å². The van der Waals surface area contributed by atoms with Gasteiger partial charge in [0.15, 0.2) is 0 Å². The van der Waals surface area contributed by atoms with Crippen molar-refractivity contribution in [1.29, 1.82) is 0 Å². The summed E-state index contributed by atoms with van der Waals surface area (Å²) >= 11 is 0. The molecule has 0 spiro atoms. The van der Waals surface area contributed by atoms with E-state index >= 15 is 0 Å². The zero-order valence-electron chi connectivity index (χ0n) is 11.9. The highest BCUT2D eigenvalue weighted by molar-refractivity contribution is 5.94. The zero-order valence-corrected chi connectivity index (χ0v) is 11.9. The molecule has 20 heavy (non-hydrogen) atoms. The van der Waals surface area contributed by atoms with E-state index in [0.29, 0.717) is 18.7 Å². The smallest absolute Gasteiger partial charge is 0.308 e. The van der Waals surface area contributed by atoms with E-state index in [2.05, 4.69) is 4.98 Å². The van der Waals surface area contributed by atoms with Crippen LogP contribution in [0.4, 0.5) is 0 Å². The van der Waals surface area contributed by atoms with Crippen molar-refractivity contribution in [3.63, 3.8) is 0 Å². The Hall–Kier alpha value is -1.91. The fraction of sp³-hybridized carbons (Fsp3) is 0.533. The number of carbonyl (C=O) groups is 2. The van der Waals surface area contributed by atoms with Crippen LogP contribution in [0.2, 0.25) is 0 Å². The summed E-state index contributed by atoms with van der Waals surface area (Å²) in [6, 6.07) is 3.71. The molecule has 1 aliphatic heterocycles. The molecule has 1 saturated heterocycles. The third-order valence-electron chi connectivity index (χ3n) is 3.77. The van der Waals surface area contributed by atoms with Crippen molar-refractivity contribution in [3.05, 3.63) is 29.6 Å². The van der Waals surface area contributed by atoms with Gasteiger partial charge in [0.25, 0.3) is 5.91 Å². The van der Waals surface area contributed by atoms with Crippen LogP contribution in [0.3, 0.4) is 0 Å². The molecule has 0 aliphatic carbocycles. The first-order valence-corrected chi connectivity index (χ1v) is 6.98. The molecule has 1 fully saturated rings. The van der Waals surface area contributed by atoms with Crippen molar-refractivity contribution in [2.45, 2.75) is 26.7 Å². The maximum Gasteiger partial charge on any atom is 0.308 e. The fourth-order valence-electron chi connectivity index (χ4n) is 2.76. The molecule has 5 nitrogen and oxygen atoms in total. The highest BCUT2D eigenvalue weighted by Crippen LogP contribution is 2.23. The molecule has 2 unspecified atom stereocenters. The molecule has 1 N–H and O–H groups in total. The van der Waals surface area contributed by atoms with E-state index in [1.165, 1.54) is 0 Å². The van der Waals surface area contributed by atoms with Gasteiger partial charge in [0.05, 0.1) is 5.92 Å². The average molecular weight is 276 g/mol. The second kappa shape index (κ2) is 6.03. The predicted molar refractivity (Wildman–Crippen MR) is 74.4 cm³/mol. The number of rotatable bonds is 3. The Kier molecular flexibility index (Phi) is 4.37. The summed E-state index contributed by atoms with van der Waals surface area (Å²) in [5.74, 6) is -1.26. The molecule has 1 aliphatic rings. The lowest BCUT2D eigenvalue weighted by Crippen LogP contribution is -2.46. The lowest BCUT2D eigenvalue weighted by atomic mass is 9.90. The number of nitrogens with zero attached hydrogens (tertiary/aromatic N) is 2. The summed E-state index contributed by atoms with van der Waals surface area (Å²) in [7, 11) is 0.